The van der Waals surface area contributed by atoms with E-state index in [1.165, 1.54) is 19.9 Å². The molecular weight excluding hydrogens is 260 g/mol. The summed E-state index contributed by atoms with van der Waals surface area (Å²) in [5, 5.41) is 20.7. The maximum Gasteiger partial charge on any atom is 0.277 e. The van der Waals surface area contributed by atoms with Crippen molar-refractivity contribution in [1.29, 1.82) is 0 Å². The number of nitrogens with zero attached hydrogens (tertiary/aromatic N) is 1. The molecule has 0 aromatic heterocycles. The zero-order valence-electron chi connectivity index (χ0n) is 9.73. The number of aromatic hydroxyl groups is 1. The molecular formula is C11H11ClN2O4. The summed E-state index contributed by atoms with van der Waals surface area (Å²) in [5.41, 5.74) is 5.24. The average molecular weight is 271 g/mol. The Morgan fingerprint density at radius 3 is 2.44 bits per heavy atom. The number of nitrogens with two attached hydrogens (primary N) is 1. The molecule has 0 atom stereocenters. The molecule has 0 aliphatic heterocycles. The number of primary amides is 1. The van der Waals surface area contributed by atoms with Crippen molar-refractivity contribution in [2.75, 3.05) is 0 Å². The topological polar surface area (TPSA) is 106 Å². The molecule has 1 amide bonds. The van der Waals surface area contributed by atoms with Crippen molar-refractivity contribution in [3.63, 3.8) is 0 Å². The minimum atomic E-state index is -0.729. The molecule has 0 spiro atoms. The Morgan fingerprint density at radius 2 is 2.00 bits per heavy atom. The summed E-state index contributed by atoms with van der Waals surface area (Å²) in [5.74, 6) is -1.04. The highest BCUT2D eigenvalue weighted by Crippen LogP contribution is 2.40. The molecule has 0 aliphatic rings. The molecule has 0 radical (unpaired) electrons. The fraction of sp³-hybridized carbons (Fsp3) is 0.182. The quantitative estimate of drug-likeness (QED) is 0.498. The lowest BCUT2D eigenvalue weighted by molar-refractivity contribution is -0.386. The highest BCUT2D eigenvalue weighted by molar-refractivity contribution is 6.33. The number of hydrogen-bond acceptors (Lipinski definition) is 4. The summed E-state index contributed by atoms with van der Waals surface area (Å²) in [6.07, 6.45) is 2.20. The van der Waals surface area contributed by atoms with Gasteiger partial charge in [0, 0.05) is 22.8 Å². The van der Waals surface area contributed by atoms with Crippen LogP contribution in [0.5, 0.6) is 5.75 Å². The third-order valence-corrected chi connectivity index (χ3v) is 2.97. The van der Waals surface area contributed by atoms with Crippen molar-refractivity contribution >= 4 is 29.3 Å². The van der Waals surface area contributed by atoms with Gasteiger partial charge in [0.25, 0.3) is 5.69 Å². The number of hydrogen-bond donors (Lipinski definition) is 2. The molecule has 3 N–H and O–H groups in total. The van der Waals surface area contributed by atoms with Gasteiger partial charge in [-0.25, -0.2) is 0 Å². The van der Waals surface area contributed by atoms with Gasteiger partial charge in [0.15, 0.2) is 0 Å². The van der Waals surface area contributed by atoms with E-state index in [1.54, 1.807) is 0 Å². The van der Waals surface area contributed by atoms with E-state index in [2.05, 4.69) is 0 Å². The molecule has 0 heterocycles. The monoisotopic (exact) mass is 270 g/mol. The van der Waals surface area contributed by atoms with Crippen molar-refractivity contribution in [2.24, 2.45) is 5.73 Å². The van der Waals surface area contributed by atoms with Crippen LogP contribution in [0.4, 0.5) is 5.69 Å². The second kappa shape index (κ2) is 5.05. The zero-order chi connectivity index (χ0) is 14.0. The van der Waals surface area contributed by atoms with Gasteiger partial charge in [-0.3, -0.25) is 14.9 Å². The predicted molar refractivity (Wildman–Crippen MR) is 67.5 cm³/mol. The molecule has 0 bridgehead atoms. The summed E-state index contributed by atoms with van der Waals surface area (Å²) >= 11 is 5.81. The Labute approximate surface area is 108 Å². The average Bonchev–Trinajstić information content (AvgIpc) is 2.25. The number of phenols is 1. The minimum absolute atomic E-state index is 0.108. The predicted octanol–water partition coefficient (Wildman–Crippen LogP) is 2.07. The Morgan fingerprint density at radius 1 is 1.44 bits per heavy atom. The first-order valence-electron chi connectivity index (χ1n) is 4.90. The zero-order valence-corrected chi connectivity index (χ0v) is 10.5. The van der Waals surface area contributed by atoms with E-state index in [1.807, 2.05) is 0 Å². The molecule has 1 aromatic rings. The van der Waals surface area contributed by atoms with E-state index >= 15 is 0 Å². The number of phenolic OH excluding ortho intramolecular Hbond substituents is 1. The van der Waals surface area contributed by atoms with Crippen LogP contribution in [-0.2, 0) is 4.79 Å². The molecule has 7 heteroatoms. The van der Waals surface area contributed by atoms with Crippen LogP contribution in [0.3, 0.4) is 0 Å². The molecule has 0 saturated heterocycles. The van der Waals surface area contributed by atoms with Gasteiger partial charge in [-0.15, -0.1) is 0 Å². The van der Waals surface area contributed by atoms with Gasteiger partial charge in [-0.1, -0.05) is 11.6 Å². The van der Waals surface area contributed by atoms with Crippen molar-refractivity contribution in [3.8, 4) is 5.75 Å². The smallest absolute Gasteiger partial charge is 0.277 e. The molecule has 0 fully saturated rings. The van der Waals surface area contributed by atoms with Crippen molar-refractivity contribution in [2.45, 2.75) is 13.8 Å². The third kappa shape index (κ3) is 2.43. The van der Waals surface area contributed by atoms with E-state index in [4.69, 9.17) is 17.3 Å². The van der Waals surface area contributed by atoms with E-state index in [0.717, 1.165) is 6.08 Å². The summed E-state index contributed by atoms with van der Waals surface area (Å²) < 4.78 is 0. The van der Waals surface area contributed by atoms with Crippen LogP contribution in [0.1, 0.15) is 16.7 Å². The molecule has 1 aromatic carbocycles. The number of nitro groups is 1. The molecule has 18 heavy (non-hydrogen) atoms. The lowest BCUT2D eigenvalue weighted by Gasteiger charge is -2.10. The number of carbonyl (C=O) groups excluding carboxylic acids is 1. The first-order chi connectivity index (χ1) is 8.27. The van der Waals surface area contributed by atoms with Crippen LogP contribution < -0.4 is 5.73 Å². The fourth-order valence-electron chi connectivity index (χ4n) is 1.63. The second-order valence-corrected chi connectivity index (χ2v) is 4.05. The van der Waals surface area contributed by atoms with Gasteiger partial charge in [0.1, 0.15) is 5.75 Å². The van der Waals surface area contributed by atoms with Crippen LogP contribution >= 0.6 is 11.6 Å². The van der Waals surface area contributed by atoms with Gasteiger partial charge in [0.2, 0.25) is 5.91 Å². The molecule has 0 unspecified atom stereocenters. The van der Waals surface area contributed by atoms with E-state index < -0.39 is 10.8 Å². The van der Waals surface area contributed by atoms with Gasteiger partial charge >= 0.3 is 0 Å². The SMILES string of the molecule is Cc1c(Cl)c(O)c(/C=C/C(N)=O)c(C)c1[N+](=O)[O-]. The highest BCUT2D eigenvalue weighted by atomic mass is 35.5. The minimum Gasteiger partial charge on any atom is -0.506 e. The van der Waals surface area contributed by atoms with Crippen molar-refractivity contribution in [3.05, 3.63) is 37.9 Å². The molecule has 6 nitrogen and oxygen atoms in total. The Balaban J connectivity index is 3.62. The van der Waals surface area contributed by atoms with E-state index in [-0.39, 0.29) is 33.1 Å². The first kappa shape index (κ1) is 14.0. The van der Waals surface area contributed by atoms with Crippen LogP contribution in [0.15, 0.2) is 6.08 Å². The number of amides is 1. The fourth-order valence-corrected chi connectivity index (χ4v) is 1.82. The maximum atomic E-state index is 10.9. The summed E-state index contributed by atoms with van der Waals surface area (Å²) in [6.45, 7) is 2.90. The second-order valence-electron chi connectivity index (χ2n) is 3.67. The number of halogens is 1. The Kier molecular flexibility index (Phi) is 3.93. The number of carbonyl (C=O) groups is 1. The van der Waals surface area contributed by atoms with Gasteiger partial charge < -0.3 is 10.8 Å². The number of rotatable bonds is 3. The van der Waals surface area contributed by atoms with Gasteiger partial charge in [-0.05, 0) is 19.9 Å². The normalized spacial score (nSPS) is 10.8. The standard InChI is InChI=1S/C11H11ClN2O4/c1-5-7(3-4-8(13)15)11(16)9(12)6(2)10(5)14(17)18/h3-4,16H,1-2H3,(H2,13,15)/b4-3+. The van der Waals surface area contributed by atoms with Crippen molar-refractivity contribution in [1.82, 2.24) is 0 Å². The summed E-state index contributed by atoms with van der Waals surface area (Å²) in [6, 6.07) is 0. The van der Waals surface area contributed by atoms with E-state index in [0.29, 0.717) is 0 Å². The first-order valence-corrected chi connectivity index (χ1v) is 5.28. The lowest BCUT2D eigenvalue weighted by atomic mass is 10.0. The number of benzene rings is 1. The van der Waals surface area contributed by atoms with E-state index in [9.17, 15) is 20.0 Å². The molecule has 0 saturated carbocycles. The lowest BCUT2D eigenvalue weighted by Crippen LogP contribution is -2.05. The highest BCUT2D eigenvalue weighted by Gasteiger charge is 2.24. The summed E-state index contributed by atoms with van der Waals surface area (Å²) in [4.78, 5) is 21.0. The molecule has 96 valence electrons. The molecule has 1 rings (SSSR count). The number of nitro benzene ring substituents is 1. The van der Waals surface area contributed by atoms with Crippen LogP contribution in [0, 0.1) is 24.0 Å². The van der Waals surface area contributed by atoms with Crippen molar-refractivity contribution < 1.29 is 14.8 Å². The molecule has 0 aliphatic carbocycles. The maximum absolute atomic E-state index is 10.9. The van der Waals surface area contributed by atoms with Crippen LogP contribution in [0.2, 0.25) is 5.02 Å². The summed E-state index contributed by atoms with van der Waals surface area (Å²) in [7, 11) is 0. The van der Waals surface area contributed by atoms with Crippen LogP contribution in [-0.4, -0.2) is 15.9 Å². The largest absolute Gasteiger partial charge is 0.506 e. The van der Waals surface area contributed by atoms with Crippen LogP contribution in [0.25, 0.3) is 6.08 Å². The van der Waals surface area contributed by atoms with Gasteiger partial charge in [-0.2, -0.15) is 0 Å². The van der Waals surface area contributed by atoms with Gasteiger partial charge in [0.05, 0.1) is 9.95 Å². The Bertz CT molecular complexity index is 567. The third-order valence-electron chi connectivity index (χ3n) is 2.50. The Hall–Kier alpha value is -2.08.